The zero-order valence-corrected chi connectivity index (χ0v) is 27.3. The Morgan fingerprint density at radius 1 is 0.978 bits per heavy atom. The topological polar surface area (TPSA) is 135 Å². The van der Waals surface area contributed by atoms with E-state index in [0.717, 1.165) is 61.7 Å². The maximum Gasteiger partial charge on any atom is 0.323 e. The molecule has 250 valence electrons. The maximum absolute atomic E-state index is 12.9. The Hall–Kier alpha value is -4.26. The molecule has 46 heavy (non-hydrogen) atoms. The number of piperidine rings is 1. The number of carbonyl (C=O) groups excluding carboxylic acids is 2. The molecule has 2 fully saturated rings. The Labute approximate surface area is 274 Å². The molecular weight excluding hydrogens is 584 g/mol. The minimum Gasteiger partial charge on any atom is -0.395 e. The largest absolute Gasteiger partial charge is 0.395 e. The second kappa shape index (κ2) is 15.4. The maximum atomic E-state index is 12.9. The van der Waals surface area contributed by atoms with Gasteiger partial charge in [-0.2, -0.15) is 0 Å². The summed E-state index contributed by atoms with van der Waals surface area (Å²) in [6.45, 7) is 8.00. The summed E-state index contributed by atoms with van der Waals surface area (Å²) >= 11 is 0. The first-order valence-electron chi connectivity index (χ1n) is 16.2. The predicted octanol–water partition coefficient (Wildman–Crippen LogP) is 4.64. The van der Waals surface area contributed by atoms with Gasteiger partial charge in [-0.25, -0.2) is 14.8 Å². The lowest BCUT2D eigenvalue weighted by molar-refractivity contribution is 0.0663. The molecule has 3 aliphatic rings. The van der Waals surface area contributed by atoms with Crippen LogP contribution < -0.4 is 20.9 Å². The lowest BCUT2D eigenvalue weighted by atomic mass is 10.0. The molecule has 3 amide bonds. The van der Waals surface area contributed by atoms with Gasteiger partial charge in [-0.3, -0.25) is 4.79 Å². The van der Waals surface area contributed by atoms with Crippen molar-refractivity contribution < 1.29 is 22.3 Å². The molecule has 2 saturated heterocycles. The summed E-state index contributed by atoms with van der Waals surface area (Å²) in [6.07, 6.45) is 2.74. The quantitative estimate of drug-likeness (QED) is 0.280. The number of amides is 3. The van der Waals surface area contributed by atoms with Crippen molar-refractivity contribution >= 4 is 34.9 Å². The number of carbonyl (C=O) groups is 2. The van der Waals surface area contributed by atoms with Crippen LogP contribution in [0.2, 0.25) is 0 Å². The van der Waals surface area contributed by atoms with Crippen LogP contribution >= 0.6 is 0 Å². The molecule has 3 aliphatic heterocycles. The van der Waals surface area contributed by atoms with Crippen LogP contribution in [0.1, 0.15) is 45.5 Å². The highest BCUT2D eigenvalue weighted by atomic mass is 16.5. The minimum absolute atomic E-state index is 0. The van der Waals surface area contributed by atoms with Crippen LogP contribution in [-0.4, -0.2) is 109 Å². The van der Waals surface area contributed by atoms with Crippen molar-refractivity contribution in [2.75, 3.05) is 80.9 Å². The molecule has 0 saturated carbocycles. The molecule has 0 radical (unpaired) electrons. The Bertz CT molecular complexity index is 1490. The number of fused-ring (bicyclic) bond motifs is 3. The van der Waals surface area contributed by atoms with Crippen molar-refractivity contribution in [3.63, 3.8) is 0 Å². The van der Waals surface area contributed by atoms with Crippen LogP contribution in [0.25, 0.3) is 11.4 Å². The normalized spacial score (nSPS) is 17.5. The van der Waals surface area contributed by atoms with Gasteiger partial charge in [0.25, 0.3) is 5.91 Å². The van der Waals surface area contributed by atoms with E-state index >= 15 is 0 Å². The van der Waals surface area contributed by atoms with Crippen LogP contribution in [0.5, 0.6) is 0 Å². The van der Waals surface area contributed by atoms with Crippen LogP contribution in [-0.2, 0) is 11.2 Å². The van der Waals surface area contributed by atoms with Gasteiger partial charge in [0.05, 0.1) is 25.9 Å². The molecule has 2 aromatic carbocycles. The molecule has 1 aromatic heterocycles. The summed E-state index contributed by atoms with van der Waals surface area (Å²) in [5, 5.41) is 18.3. The van der Waals surface area contributed by atoms with Crippen molar-refractivity contribution in [3.05, 3.63) is 59.7 Å². The number of ether oxygens (including phenoxy) is 1. The highest BCUT2D eigenvalue weighted by Gasteiger charge is 2.36. The van der Waals surface area contributed by atoms with Crippen LogP contribution in [0, 0.1) is 0 Å². The Balaban J connectivity index is 0.00000153. The number of hydrogen-bond donors (Lipinski definition) is 4. The zero-order chi connectivity index (χ0) is 32.6. The predicted molar refractivity (Wildman–Crippen MR) is 186 cm³/mol. The number of anilines is 4. The molecule has 0 unspecified atom stereocenters. The summed E-state index contributed by atoms with van der Waals surface area (Å²) in [7, 11) is 4.16. The number of rotatable bonds is 8. The lowest BCUT2D eigenvalue weighted by Crippen LogP contribution is -2.44. The first-order valence-corrected chi connectivity index (χ1v) is 16.2. The number of likely N-dealkylation sites (tertiary alicyclic amines) is 1. The fourth-order valence-electron chi connectivity index (χ4n) is 6.15. The number of benzene rings is 2. The number of morpholine rings is 1. The molecule has 3 aromatic rings. The van der Waals surface area contributed by atoms with Gasteiger partial charge in [-0.05, 0) is 75.5 Å². The van der Waals surface area contributed by atoms with Crippen molar-refractivity contribution in [2.45, 2.75) is 45.2 Å². The van der Waals surface area contributed by atoms with Gasteiger partial charge in [0.15, 0.2) is 5.82 Å². The molecule has 4 heterocycles. The SMILES string of the molecule is CC.CN(C)C1CCN(C(=O)c2ccc(NC(=O)Nc3ccc(-c4nc(NCCO)c5c(n4)N4CCOC[C@H]4C5)cc3)cc2)CC1.[HH].[HH]. The van der Waals surface area contributed by atoms with E-state index in [9.17, 15) is 14.7 Å². The summed E-state index contributed by atoms with van der Waals surface area (Å²) < 4.78 is 5.67. The third kappa shape index (κ3) is 7.57. The minimum atomic E-state index is -0.384. The summed E-state index contributed by atoms with van der Waals surface area (Å²) in [4.78, 5) is 41.8. The highest BCUT2D eigenvalue weighted by molar-refractivity contribution is 6.00. The van der Waals surface area contributed by atoms with Gasteiger partial charge in [0.1, 0.15) is 11.6 Å². The number of aliphatic hydroxyl groups excluding tert-OH is 1. The smallest absolute Gasteiger partial charge is 0.323 e. The monoisotopic (exact) mass is 634 g/mol. The van der Waals surface area contributed by atoms with E-state index in [4.69, 9.17) is 14.7 Å². The van der Waals surface area contributed by atoms with Crippen molar-refractivity contribution in [2.24, 2.45) is 0 Å². The molecular formula is C34H50N8O4. The molecule has 12 nitrogen and oxygen atoms in total. The third-order valence-electron chi connectivity index (χ3n) is 8.60. The molecule has 12 heteroatoms. The summed E-state index contributed by atoms with van der Waals surface area (Å²) in [5.41, 5.74) is 3.69. The Morgan fingerprint density at radius 3 is 2.26 bits per heavy atom. The summed E-state index contributed by atoms with van der Waals surface area (Å²) in [5.74, 6) is 2.24. The third-order valence-corrected chi connectivity index (χ3v) is 8.60. The fraction of sp³-hybridized carbons (Fsp3) is 0.471. The van der Waals surface area contributed by atoms with Gasteiger partial charge in [0, 0.05) is 69.6 Å². The Kier molecular flexibility index (Phi) is 11.1. The van der Waals surface area contributed by atoms with Crippen molar-refractivity contribution in [1.82, 2.24) is 19.8 Å². The number of aliphatic hydroxyl groups is 1. The van der Waals surface area contributed by atoms with Crippen molar-refractivity contribution in [1.29, 1.82) is 0 Å². The number of aromatic nitrogens is 2. The van der Waals surface area contributed by atoms with E-state index in [1.54, 1.807) is 24.3 Å². The van der Waals surface area contributed by atoms with E-state index in [0.29, 0.717) is 48.6 Å². The number of nitrogens with zero attached hydrogens (tertiary/aromatic N) is 5. The van der Waals surface area contributed by atoms with Crippen LogP contribution in [0.4, 0.5) is 27.8 Å². The van der Waals surface area contributed by atoms with Gasteiger partial charge >= 0.3 is 6.03 Å². The van der Waals surface area contributed by atoms with E-state index in [1.807, 2.05) is 43.0 Å². The average molecular weight is 635 g/mol. The van der Waals surface area contributed by atoms with Gasteiger partial charge < -0.3 is 40.5 Å². The molecule has 4 N–H and O–H groups in total. The number of urea groups is 1. The molecule has 0 spiro atoms. The second-order valence-electron chi connectivity index (χ2n) is 11.7. The second-order valence-corrected chi connectivity index (χ2v) is 11.7. The van der Waals surface area contributed by atoms with E-state index in [1.165, 1.54) is 0 Å². The van der Waals surface area contributed by atoms with E-state index in [2.05, 4.69) is 39.8 Å². The fourth-order valence-corrected chi connectivity index (χ4v) is 6.15. The molecule has 0 aliphatic carbocycles. The first kappa shape index (κ1) is 33.1. The standard InChI is InChI=1S/C32H40N8O4.C2H6.2H2/c1-38(2)25-11-14-39(15-12-25)31(42)22-5-9-24(10-6-22)35-32(43)34-23-7-3-21(4-8-23)28-36-29(33-13-17-41)27-19-26-20-44-18-16-40(26)30(27)37-28;1-2;;/h3-10,25-26,41H,11-20H2,1-2H3,(H,33,36,37)(H2,34,35,43);1-2H3;2*1H/t26-;;;/m1.../s1. The average Bonchev–Trinajstić information content (AvgIpc) is 3.47. The Morgan fingerprint density at radius 2 is 1.63 bits per heavy atom. The van der Waals surface area contributed by atoms with Gasteiger partial charge in [-0.15, -0.1) is 0 Å². The molecule has 6 rings (SSSR count). The van der Waals surface area contributed by atoms with E-state index < -0.39 is 0 Å². The van der Waals surface area contributed by atoms with Crippen LogP contribution in [0.15, 0.2) is 48.5 Å². The molecule has 1 atom stereocenters. The van der Waals surface area contributed by atoms with Gasteiger partial charge in [0.2, 0.25) is 0 Å². The first-order chi connectivity index (χ1) is 22.4. The number of nitrogens with one attached hydrogen (secondary N) is 3. The number of hydrogen-bond acceptors (Lipinski definition) is 9. The van der Waals surface area contributed by atoms with E-state index in [-0.39, 0.29) is 27.4 Å². The lowest BCUT2D eigenvalue weighted by Gasteiger charge is -2.35. The highest BCUT2D eigenvalue weighted by Crippen LogP contribution is 2.37. The van der Waals surface area contributed by atoms with Gasteiger partial charge in [-0.1, -0.05) is 13.8 Å². The zero-order valence-electron chi connectivity index (χ0n) is 27.3. The molecule has 0 bridgehead atoms. The summed E-state index contributed by atoms with van der Waals surface area (Å²) in [6, 6.07) is 14.7. The van der Waals surface area contributed by atoms with Crippen LogP contribution in [0.3, 0.4) is 0 Å². The van der Waals surface area contributed by atoms with Crippen molar-refractivity contribution in [3.8, 4) is 11.4 Å².